The number of rotatable bonds is 6. The van der Waals surface area contributed by atoms with Gasteiger partial charge in [-0.25, -0.2) is 4.79 Å². The number of carbonyl (C=O) groups excluding carboxylic acids is 1. The molecule has 0 amide bonds. The molecule has 0 spiro atoms. The predicted molar refractivity (Wildman–Crippen MR) is 99.8 cm³/mol. The molecule has 0 radical (unpaired) electrons. The van der Waals surface area contributed by atoms with Crippen molar-refractivity contribution < 1.29 is 45.2 Å². The van der Waals surface area contributed by atoms with Gasteiger partial charge in [0.1, 0.15) is 11.4 Å². The molecule has 2 aromatic rings. The number of ether oxygens (including phenoxy) is 1. The Balaban J connectivity index is 0.000000575. The van der Waals surface area contributed by atoms with Gasteiger partial charge in [0.25, 0.3) is 0 Å². The maximum Gasteiger partial charge on any atom is 0.534 e. The minimum Gasteiger partial charge on any atom is -0.481 e. The highest BCUT2D eigenvalue weighted by Gasteiger charge is 2.49. The van der Waals surface area contributed by atoms with Crippen LogP contribution in [0.25, 0.3) is 10.9 Å². The van der Waals surface area contributed by atoms with Crippen LogP contribution in [0.5, 0.6) is 5.75 Å². The van der Waals surface area contributed by atoms with Crippen molar-refractivity contribution in [2.24, 2.45) is 0 Å². The van der Waals surface area contributed by atoms with Gasteiger partial charge < -0.3 is 19.0 Å². The second-order valence-electron chi connectivity index (χ2n) is 6.39. The van der Waals surface area contributed by atoms with Gasteiger partial charge in [-0.15, -0.1) is 0 Å². The number of H-pyrrole nitrogens is 1. The van der Waals surface area contributed by atoms with E-state index in [1.807, 2.05) is 0 Å². The summed E-state index contributed by atoms with van der Waals surface area (Å²) in [5.74, 6) is -1.81. The molecule has 1 aliphatic carbocycles. The molecular formula is C18H20F3NO7S. The number of aliphatic carboxylic acids is 1. The molecule has 0 unspecified atom stereocenters. The van der Waals surface area contributed by atoms with Gasteiger partial charge >= 0.3 is 27.6 Å². The maximum atomic E-state index is 12.6. The van der Waals surface area contributed by atoms with Crippen LogP contribution in [0.15, 0.2) is 18.2 Å². The predicted octanol–water partition coefficient (Wildman–Crippen LogP) is 3.93. The van der Waals surface area contributed by atoms with Crippen LogP contribution in [0.4, 0.5) is 13.2 Å². The van der Waals surface area contributed by atoms with E-state index in [4.69, 9.17) is 9.84 Å². The smallest absolute Gasteiger partial charge is 0.481 e. The normalized spacial score (nSPS) is 14.0. The van der Waals surface area contributed by atoms with E-state index in [-0.39, 0.29) is 35.9 Å². The molecule has 8 nitrogen and oxygen atoms in total. The van der Waals surface area contributed by atoms with Gasteiger partial charge in [-0.2, -0.15) is 21.6 Å². The maximum absolute atomic E-state index is 12.6. The Morgan fingerprint density at radius 3 is 2.27 bits per heavy atom. The Morgan fingerprint density at radius 2 is 1.80 bits per heavy atom. The fourth-order valence-corrected chi connectivity index (χ4v) is 2.92. The molecule has 166 valence electrons. The highest BCUT2D eigenvalue weighted by atomic mass is 32.2. The molecule has 3 rings (SSSR count). The third-order valence-electron chi connectivity index (χ3n) is 4.05. The summed E-state index contributed by atoms with van der Waals surface area (Å²) in [6.07, 6.45) is 1.67. The van der Waals surface area contributed by atoms with E-state index in [0.717, 1.165) is 18.9 Å². The summed E-state index contributed by atoms with van der Waals surface area (Å²) < 4.78 is 69.6. The molecule has 1 aromatic heterocycles. The number of halogens is 3. The molecule has 1 heterocycles. The van der Waals surface area contributed by atoms with E-state index in [1.54, 1.807) is 13.8 Å². The highest BCUT2D eigenvalue weighted by Crippen LogP contribution is 2.46. The van der Waals surface area contributed by atoms with Crippen LogP contribution >= 0.6 is 0 Å². The number of hydrogen-bond donors (Lipinski definition) is 2. The lowest BCUT2D eigenvalue weighted by Crippen LogP contribution is -2.28. The Morgan fingerprint density at radius 1 is 1.20 bits per heavy atom. The van der Waals surface area contributed by atoms with Crippen LogP contribution in [-0.4, -0.2) is 42.6 Å². The second-order valence-corrected chi connectivity index (χ2v) is 7.92. The van der Waals surface area contributed by atoms with Gasteiger partial charge in [-0.05, 0) is 43.4 Å². The first-order valence-electron chi connectivity index (χ1n) is 8.95. The van der Waals surface area contributed by atoms with E-state index in [1.165, 1.54) is 12.1 Å². The monoisotopic (exact) mass is 451 g/mol. The number of hydrogen-bond acceptors (Lipinski definition) is 6. The standard InChI is InChI=1S/C15H14F3NO5S.C3H6O2/c1-2-23-14(20)12-6-9-5-10(8-3-4-8)13(7-11(9)19-12)24-25(21,22)15(16,17)18;1-2-3(4)5/h5-8,19H,2-4H2,1H3;2H2,1H3,(H,4,5). The average molecular weight is 451 g/mol. The zero-order valence-corrected chi connectivity index (χ0v) is 16.9. The van der Waals surface area contributed by atoms with Gasteiger partial charge in [-0.1, -0.05) is 6.92 Å². The van der Waals surface area contributed by atoms with Crippen molar-refractivity contribution in [3.63, 3.8) is 0 Å². The summed E-state index contributed by atoms with van der Waals surface area (Å²) >= 11 is 0. The Bertz CT molecular complexity index is 1040. The lowest BCUT2D eigenvalue weighted by atomic mass is 10.1. The summed E-state index contributed by atoms with van der Waals surface area (Å²) in [7, 11) is -5.77. The first-order chi connectivity index (χ1) is 13.9. The molecule has 0 atom stereocenters. The van der Waals surface area contributed by atoms with Crippen LogP contribution < -0.4 is 4.18 Å². The van der Waals surface area contributed by atoms with E-state index in [9.17, 15) is 31.2 Å². The van der Waals surface area contributed by atoms with Crippen molar-refractivity contribution >= 4 is 33.0 Å². The van der Waals surface area contributed by atoms with Crippen LogP contribution in [0.1, 0.15) is 55.1 Å². The van der Waals surface area contributed by atoms with Crippen molar-refractivity contribution in [2.75, 3.05) is 6.61 Å². The summed E-state index contributed by atoms with van der Waals surface area (Å²) in [6, 6.07) is 4.20. The molecular weight excluding hydrogens is 431 g/mol. The van der Waals surface area contributed by atoms with Crippen LogP contribution in [0.3, 0.4) is 0 Å². The Kier molecular flexibility index (Phi) is 7.01. The fraction of sp³-hybridized carbons (Fsp3) is 0.444. The van der Waals surface area contributed by atoms with Crippen molar-refractivity contribution in [3.8, 4) is 5.75 Å². The van der Waals surface area contributed by atoms with E-state index in [2.05, 4.69) is 9.17 Å². The third-order valence-corrected chi connectivity index (χ3v) is 5.01. The molecule has 1 fully saturated rings. The van der Waals surface area contributed by atoms with E-state index in [0.29, 0.717) is 10.9 Å². The summed E-state index contributed by atoms with van der Waals surface area (Å²) in [4.78, 5) is 23.8. The van der Waals surface area contributed by atoms with E-state index < -0.39 is 27.6 Å². The summed E-state index contributed by atoms with van der Waals surface area (Å²) in [5, 5.41) is 8.28. The summed E-state index contributed by atoms with van der Waals surface area (Å²) in [5.41, 5.74) is -4.75. The van der Waals surface area contributed by atoms with Crippen LogP contribution in [-0.2, 0) is 19.6 Å². The van der Waals surface area contributed by atoms with Gasteiger partial charge in [-0.3, -0.25) is 4.79 Å². The van der Waals surface area contributed by atoms with Crippen molar-refractivity contribution in [3.05, 3.63) is 29.5 Å². The number of carboxylic acids is 1. The van der Waals surface area contributed by atoms with Gasteiger partial charge in [0.15, 0.2) is 0 Å². The number of aromatic nitrogens is 1. The van der Waals surface area contributed by atoms with Gasteiger partial charge in [0.05, 0.1) is 6.61 Å². The quantitative estimate of drug-likeness (QED) is 0.388. The van der Waals surface area contributed by atoms with Crippen LogP contribution in [0, 0.1) is 0 Å². The van der Waals surface area contributed by atoms with Crippen molar-refractivity contribution in [2.45, 2.75) is 44.5 Å². The highest BCUT2D eigenvalue weighted by molar-refractivity contribution is 7.88. The first kappa shape index (κ1) is 23.5. The van der Waals surface area contributed by atoms with Gasteiger partial charge in [0.2, 0.25) is 0 Å². The number of carbonyl (C=O) groups is 2. The van der Waals surface area contributed by atoms with Crippen molar-refractivity contribution in [1.29, 1.82) is 0 Å². The average Bonchev–Trinajstić information content (AvgIpc) is 3.40. The van der Waals surface area contributed by atoms with Crippen LogP contribution in [0.2, 0.25) is 0 Å². The van der Waals surface area contributed by atoms with Crippen molar-refractivity contribution in [1.82, 2.24) is 4.98 Å². The fourth-order valence-electron chi connectivity index (χ4n) is 2.45. The molecule has 30 heavy (non-hydrogen) atoms. The number of benzene rings is 1. The summed E-state index contributed by atoms with van der Waals surface area (Å²) in [6.45, 7) is 3.40. The molecule has 0 bridgehead atoms. The number of fused-ring (bicyclic) bond motifs is 1. The number of esters is 1. The lowest BCUT2D eigenvalue weighted by Gasteiger charge is -2.13. The Labute approximate surface area is 170 Å². The third kappa shape index (κ3) is 5.65. The zero-order valence-electron chi connectivity index (χ0n) is 16.1. The topological polar surface area (TPSA) is 123 Å². The molecule has 12 heteroatoms. The number of alkyl halides is 3. The van der Waals surface area contributed by atoms with Gasteiger partial charge in [0, 0.05) is 23.4 Å². The molecule has 1 aliphatic rings. The SMILES string of the molecule is CCC(=O)O.CCOC(=O)c1cc2cc(C3CC3)c(OS(=O)(=O)C(F)(F)F)cc2[nH]1. The minimum atomic E-state index is -5.77. The second kappa shape index (κ2) is 8.94. The van der Waals surface area contributed by atoms with E-state index >= 15 is 0 Å². The largest absolute Gasteiger partial charge is 0.534 e. The number of carboxylic acid groups (broad SMARTS) is 1. The molecule has 0 aliphatic heterocycles. The number of aromatic amines is 1. The first-order valence-corrected chi connectivity index (χ1v) is 10.4. The molecule has 2 N–H and O–H groups in total. The molecule has 1 saturated carbocycles. The number of nitrogens with one attached hydrogen (secondary N) is 1. The Hall–Kier alpha value is -2.76. The molecule has 1 aromatic carbocycles. The zero-order chi connectivity index (χ0) is 22.7. The molecule has 0 saturated heterocycles. The lowest BCUT2D eigenvalue weighted by molar-refractivity contribution is -0.136. The minimum absolute atomic E-state index is 0.0659.